The van der Waals surface area contributed by atoms with Gasteiger partial charge in [0.1, 0.15) is 5.76 Å². The molecule has 1 aromatic heterocycles. The number of nitrogens with one attached hydrogen (secondary N) is 1. The first-order valence-electron chi connectivity index (χ1n) is 9.26. The summed E-state index contributed by atoms with van der Waals surface area (Å²) < 4.78 is 5.47. The molecule has 3 aliphatic rings. The number of carbonyl (C=O) groups excluding carboxylic acids is 2. The van der Waals surface area contributed by atoms with Crippen LogP contribution in [0.1, 0.15) is 57.1 Å². The first-order chi connectivity index (χ1) is 11.6. The minimum atomic E-state index is -0.320. The van der Waals surface area contributed by atoms with Gasteiger partial charge in [0.25, 0.3) is 0 Å². The van der Waals surface area contributed by atoms with Gasteiger partial charge >= 0.3 is 0 Å². The van der Waals surface area contributed by atoms with Gasteiger partial charge in [0.15, 0.2) is 0 Å². The summed E-state index contributed by atoms with van der Waals surface area (Å²) in [6.45, 7) is 0.945. The van der Waals surface area contributed by atoms with Crippen molar-refractivity contribution < 1.29 is 14.0 Å². The lowest BCUT2D eigenvalue weighted by Crippen LogP contribution is -2.45. The maximum Gasteiger partial charge on any atom is 0.222 e. The van der Waals surface area contributed by atoms with Crippen molar-refractivity contribution in [1.82, 2.24) is 10.2 Å². The fraction of sp³-hybridized carbons (Fsp3) is 0.684. The second-order valence-electron chi connectivity index (χ2n) is 7.82. The summed E-state index contributed by atoms with van der Waals surface area (Å²) in [4.78, 5) is 26.7. The van der Waals surface area contributed by atoms with Crippen molar-refractivity contribution in [3.05, 3.63) is 24.2 Å². The number of hydrogen-bond acceptors (Lipinski definition) is 3. The average molecular weight is 330 g/mol. The van der Waals surface area contributed by atoms with Crippen molar-refractivity contribution in [3.63, 3.8) is 0 Å². The minimum Gasteiger partial charge on any atom is -0.469 e. The number of rotatable bonds is 5. The zero-order valence-corrected chi connectivity index (χ0v) is 14.1. The number of hydrogen-bond donors (Lipinski definition) is 1. The summed E-state index contributed by atoms with van der Waals surface area (Å²) in [5, 5.41) is 3.13. The normalized spacial score (nSPS) is 32.2. The van der Waals surface area contributed by atoms with E-state index in [0.29, 0.717) is 31.7 Å². The van der Waals surface area contributed by atoms with Crippen molar-refractivity contribution >= 4 is 11.8 Å². The van der Waals surface area contributed by atoms with Gasteiger partial charge in [-0.2, -0.15) is 0 Å². The summed E-state index contributed by atoms with van der Waals surface area (Å²) in [7, 11) is 0. The predicted molar refractivity (Wildman–Crippen MR) is 89.2 cm³/mol. The highest BCUT2D eigenvalue weighted by atomic mass is 16.3. The lowest BCUT2D eigenvalue weighted by Gasteiger charge is -2.30. The Hall–Kier alpha value is -1.78. The van der Waals surface area contributed by atoms with Gasteiger partial charge in [0.05, 0.1) is 6.26 Å². The minimum absolute atomic E-state index is 0.0889. The van der Waals surface area contributed by atoms with E-state index in [9.17, 15) is 9.59 Å². The third-order valence-electron chi connectivity index (χ3n) is 6.12. The van der Waals surface area contributed by atoms with Gasteiger partial charge in [-0.25, -0.2) is 0 Å². The van der Waals surface area contributed by atoms with Crippen molar-refractivity contribution in [2.45, 2.75) is 69.4 Å². The van der Waals surface area contributed by atoms with Crippen LogP contribution in [0.25, 0.3) is 0 Å². The van der Waals surface area contributed by atoms with E-state index in [2.05, 4.69) is 10.2 Å². The van der Waals surface area contributed by atoms with Crippen LogP contribution in [0, 0.1) is 5.92 Å². The number of furan rings is 1. The molecule has 3 unspecified atom stereocenters. The molecule has 1 aromatic rings. The number of likely N-dealkylation sites (tertiary alicyclic amines) is 1. The van der Waals surface area contributed by atoms with Crippen LogP contribution in [0.3, 0.4) is 0 Å². The summed E-state index contributed by atoms with van der Waals surface area (Å²) in [5.74, 6) is 1.95. The second-order valence-corrected chi connectivity index (χ2v) is 7.82. The molecule has 0 spiro atoms. The third-order valence-corrected chi connectivity index (χ3v) is 6.12. The Morgan fingerprint density at radius 1 is 1.42 bits per heavy atom. The van der Waals surface area contributed by atoms with Crippen LogP contribution in [-0.2, 0) is 16.0 Å². The van der Waals surface area contributed by atoms with Crippen LogP contribution >= 0.6 is 0 Å². The molecule has 3 heterocycles. The third kappa shape index (κ3) is 3.08. The highest BCUT2D eigenvalue weighted by molar-refractivity contribution is 5.80. The Labute approximate surface area is 142 Å². The molecule has 0 aromatic carbocycles. The highest BCUT2D eigenvalue weighted by Crippen LogP contribution is 2.36. The molecule has 2 saturated heterocycles. The molecule has 2 aliphatic heterocycles. The number of amides is 2. The molecule has 5 heteroatoms. The smallest absolute Gasteiger partial charge is 0.222 e. The Morgan fingerprint density at radius 3 is 3.04 bits per heavy atom. The maximum absolute atomic E-state index is 12.8. The van der Waals surface area contributed by atoms with Gasteiger partial charge in [0.2, 0.25) is 11.8 Å². The zero-order chi connectivity index (χ0) is 16.6. The van der Waals surface area contributed by atoms with Crippen LogP contribution in [0.4, 0.5) is 0 Å². The second kappa shape index (κ2) is 6.26. The molecule has 3 fully saturated rings. The zero-order valence-electron chi connectivity index (χ0n) is 14.1. The van der Waals surface area contributed by atoms with Gasteiger partial charge in [-0.05, 0) is 50.2 Å². The van der Waals surface area contributed by atoms with Crippen LogP contribution in [0.2, 0.25) is 0 Å². The molecule has 24 heavy (non-hydrogen) atoms. The molecular weight excluding hydrogens is 304 g/mol. The fourth-order valence-corrected chi connectivity index (χ4v) is 4.86. The van der Waals surface area contributed by atoms with Crippen molar-refractivity contribution in [3.8, 4) is 0 Å². The Kier molecular flexibility index (Phi) is 4.10. The quantitative estimate of drug-likeness (QED) is 0.903. The molecule has 1 aliphatic carbocycles. The molecule has 2 amide bonds. The number of nitrogens with zero attached hydrogens (tertiary/aromatic N) is 1. The fourth-order valence-electron chi connectivity index (χ4n) is 4.86. The SMILES string of the molecule is O=C1CCC(CCC(=O)N2CC3CCCC2C3)(Cc2ccco2)N1. The van der Waals surface area contributed by atoms with Gasteiger partial charge in [0, 0.05) is 37.4 Å². The van der Waals surface area contributed by atoms with E-state index >= 15 is 0 Å². The summed E-state index contributed by atoms with van der Waals surface area (Å²) >= 11 is 0. The van der Waals surface area contributed by atoms with E-state index in [4.69, 9.17) is 4.42 Å². The average Bonchev–Trinajstić information content (AvgIpc) is 3.27. The van der Waals surface area contributed by atoms with E-state index in [1.807, 2.05) is 12.1 Å². The van der Waals surface area contributed by atoms with Gasteiger partial charge in [-0.3, -0.25) is 9.59 Å². The topological polar surface area (TPSA) is 62.6 Å². The lowest BCUT2D eigenvalue weighted by atomic mass is 9.86. The van der Waals surface area contributed by atoms with E-state index in [1.54, 1.807) is 6.26 Å². The van der Waals surface area contributed by atoms with Crippen LogP contribution in [0.5, 0.6) is 0 Å². The monoisotopic (exact) mass is 330 g/mol. The van der Waals surface area contributed by atoms with Crippen LogP contribution in [-0.4, -0.2) is 34.8 Å². The standard InChI is InChI=1S/C19H26N2O3/c22-17-6-8-19(20-17,12-16-5-2-10-24-16)9-7-18(23)21-13-14-3-1-4-15(21)11-14/h2,5,10,14-15H,1,3-4,6-9,11-13H2,(H,20,22). The largest absolute Gasteiger partial charge is 0.469 e. The first kappa shape index (κ1) is 15.7. The molecule has 0 radical (unpaired) electrons. The molecule has 3 atom stereocenters. The van der Waals surface area contributed by atoms with Crippen molar-refractivity contribution in [2.24, 2.45) is 5.92 Å². The van der Waals surface area contributed by atoms with E-state index in [-0.39, 0.29) is 17.4 Å². The van der Waals surface area contributed by atoms with Crippen LogP contribution < -0.4 is 5.32 Å². The molecule has 2 bridgehead atoms. The maximum atomic E-state index is 12.8. The van der Waals surface area contributed by atoms with Crippen LogP contribution in [0.15, 0.2) is 22.8 Å². The van der Waals surface area contributed by atoms with Gasteiger partial charge in [-0.15, -0.1) is 0 Å². The lowest BCUT2D eigenvalue weighted by molar-refractivity contribution is -0.132. The molecule has 5 nitrogen and oxygen atoms in total. The van der Waals surface area contributed by atoms with Gasteiger partial charge in [-0.1, -0.05) is 6.42 Å². The predicted octanol–water partition coefficient (Wildman–Crippen LogP) is 2.65. The molecular formula is C19H26N2O3. The Bertz CT molecular complexity index is 612. The van der Waals surface area contributed by atoms with E-state index < -0.39 is 0 Å². The first-order valence-corrected chi connectivity index (χ1v) is 9.26. The molecule has 1 N–H and O–H groups in total. The van der Waals surface area contributed by atoms with E-state index in [0.717, 1.165) is 31.1 Å². The summed E-state index contributed by atoms with van der Waals surface area (Å²) in [6.07, 6.45) is 9.78. The van der Waals surface area contributed by atoms with Crippen molar-refractivity contribution in [2.75, 3.05) is 6.54 Å². The number of fused-ring (bicyclic) bond motifs is 2. The molecule has 130 valence electrons. The van der Waals surface area contributed by atoms with Crippen molar-refractivity contribution in [1.29, 1.82) is 0 Å². The number of carbonyl (C=O) groups is 2. The Balaban J connectivity index is 1.40. The highest BCUT2D eigenvalue weighted by Gasteiger charge is 2.41. The molecule has 4 rings (SSSR count). The Morgan fingerprint density at radius 2 is 2.33 bits per heavy atom. The van der Waals surface area contributed by atoms with E-state index in [1.165, 1.54) is 19.3 Å². The molecule has 1 saturated carbocycles. The van der Waals surface area contributed by atoms with Gasteiger partial charge < -0.3 is 14.6 Å². The summed E-state index contributed by atoms with van der Waals surface area (Å²) in [6, 6.07) is 4.28. The summed E-state index contributed by atoms with van der Waals surface area (Å²) in [5.41, 5.74) is -0.320.